The predicted molar refractivity (Wildman–Crippen MR) is 137 cm³/mol. The quantitative estimate of drug-likeness (QED) is 0.323. The van der Waals surface area contributed by atoms with Crippen molar-refractivity contribution in [2.75, 3.05) is 6.54 Å². The van der Waals surface area contributed by atoms with Crippen molar-refractivity contribution in [3.05, 3.63) is 131 Å². The fourth-order valence-electron chi connectivity index (χ4n) is 4.16. The monoisotopic (exact) mass is 485 g/mol. The van der Waals surface area contributed by atoms with E-state index in [2.05, 4.69) is 18.2 Å². The van der Waals surface area contributed by atoms with Crippen LogP contribution < -0.4 is 34.7 Å². The minimum absolute atomic E-state index is 0. The molecule has 0 spiro atoms. The zero-order valence-corrected chi connectivity index (χ0v) is 22.6. The number of aromatic carboxylic acids is 1. The van der Waals surface area contributed by atoms with Crippen LogP contribution in [-0.2, 0) is 24.2 Å². The maximum absolute atomic E-state index is 13.3. The van der Waals surface area contributed by atoms with Gasteiger partial charge in [0.05, 0.1) is 12.4 Å². The molecule has 0 bridgehead atoms. The largest absolute Gasteiger partial charge is 1.00 e. The third kappa shape index (κ3) is 7.92. The Morgan fingerprint density at radius 2 is 1.28 bits per heavy atom. The first kappa shape index (κ1) is 27.4. The molecule has 0 saturated heterocycles. The molecular formula is C31H28NNaO3. The van der Waals surface area contributed by atoms with Gasteiger partial charge in [-0.2, -0.15) is 0 Å². The summed E-state index contributed by atoms with van der Waals surface area (Å²) in [7, 11) is 0. The smallest absolute Gasteiger partial charge is 0.545 e. The Balaban J connectivity index is 0.00000361. The molecule has 0 aliphatic carbocycles. The molecular weight excluding hydrogens is 457 g/mol. The van der Waals surface area contributed by atoms with Crippen molar-refractivity contribution in [2.24, 2.45) is 0 Å². The predicted octanol–water partition coefficient (Wildman–Crippen LogP) is 1.93. The van der Waals surface area contributed by atoms with E-state index < -0.39 is 5.97 Å². The van der Waals surface area contributed by atoms with E-state index in [9.17, 15) is 14.7 Å². The van der Waals surface area contributed by atoms with E-state index in [1.165, 1.54) is 5.56 Å². The van der Waals surface area contributed by atoms with Crippen molar-refractivity contribution < 1.29 is 44.3 Å². The Morgan fingerprint density at radius 3 is 1.92 bits per heavy atom. The number of aryl methyl sites for hydroxylation is 1. The zero-order valence-electron chi connectivity index (χ0n) is 20.6. The van der Waals surface area contributed by atoms with Gasteiger partial charge in [0.1, 0.15) is 0 Å². The Labute approximate surface area is 234 Å². The van der Waals surface area contributed by atoms with Crippen LogP contribution in [0.5, 0.6) is 0 Å². The van der Waals surface area contributed by atoms with Gasteiger partial charge in [0.25, 0.3) is 0 Å². The van der Waals surface area contributed by atoms with E-state index in [1.807, 2.05) is 71.6 Å². The average molecular weight is 486 g/mol. The van der Waals surface area contributed by atoms with Crippen LogP contribution in [0.2, 0.25) is 0 Å². The van der Waals surface area contributed by atoms with Crippen LogP contribution in [0.25, 0.3) is 11.1 Å². The first-order valence-electron chi connectivity index (χ1n) is 11.8. The summed E-state index contributed by atoms with van der Waals surface area (Å²) < 4.78 is 0. The molecule has 0 saturated carbocycles. The van der Waals surface area contributed by atoms with Crippen molar-refractivity contribution in [2.45, 2.75) is 25.8 Å². The average Bonchev–Trinajstić information content (AvgIpc) is 2.89. The van der Waals surface area contributed by atoms with Crippen LogP contribution >= 0.6 is 0 Å². The molecule has 0 fully saturated rings. The molecule has 0 heterocycles. The van der Waals surface area contributed by atoms with Gasteiger partial charge in [-0.05, 0) is 52.3 Å². The molecule has 5 heteroatoms. The van der Waals surface area contributed by atoms with Crippen LogP contribution in [0.4, 0.5) is 0 Å². The van der Waals surface area contributed by atoms with E-state index >= 15 is 0 Å². The van der Waals surface area contributed by atoms with Crippen molar-refractivity contribution in [3.63, 3.8) is 0 Å². The van der Waals surface area contributed by atoms with Gasteiger partial charge in [-0.25, -0.2) is 0 Å². The standard InChI is InChI=1S/C31H29NO3.Na/c33-30(22-25-11-5-2-6-12-25)32(20-8-14-24-9-3-1-4-10-24)23-26-13-7-15-29(21-26)27-16-18-28(19-17-27)31(34)35;/h1-7,9-13,15-19,21H,8,14,20,22-23H2,(H,34,35);/q;+1/p-1. The van der Waals surface area contributed by atoms with Crippen molar-refractivity contribution >= 4 is 11.9 Å². The second kappa shape index (κ2) is 13.8. The summed E-state index contributed by atoms with van der Waals surface area (Å²) >= 11 is 0. The number of amides is 1. The molecule has 0 unspecified atom stereocenters. The van der Waals surface area contributed by atoms with Gasteiger partial charge in [-0.1, -0.05) is 103 Å². The minimum Gasteiger partial charge on any atom is -0.545 e. The molecule has 176 valence electrons. The summed E-state index contributed by atoms with van der Waals surface area (Å²) in [6.07, 6.45) is 2.17. The number of carboxylic acid groups (broad SMARTS) is 1. The van der Waals surface area contributed by atoms with Gasteiger partial charge in [-0.3, -0.25) is 4.79 Å². The Morgan fingerprint density at radius 1 is 0.667 bits per heavy atom. The second-order valence-electron chi connectivity index (χ2n) is 8.63. The molecule has 0 aromatic heterocycles. The van der Waals surface area contributed by atoms with E-state index in [0.717, 1.165) is 35.1 Å². The molecule has 0 aliphatic heterocycles. The normalized spacial score (nSPS) is 10.3. The summed E-state index contributed by atoms with van der Waals surface area (Å²) in [5.74, 6) is -1.08. The van der Waals surface area contributed by atoms with Crippen LogP contribution in [0.1, 0.15) is 33.5 Å². The molecule has 4 nitrogen and oxygen atoms in total. The number of carbonyl (C=O) groups excluding carboxylic acids is 2. The van der Waals surface area contributed by atoms with Gasteiger partial charge >= 0.3 is 29.6 Å². The van der Waals surface area contributed by atoms with Gasteiger partial charge < -0.3 is 14.8 Å². The maximum atomic E-state index is 13.3. The van der Waals surface area contributed by atoms with E-state index in [1.54, 1.807) is 24.3 Å². The van der Waals surface area contributed by atoms with Crippen molar-refractivity contribution in [1.82, 2.24) is 4.90 Å². The number of hydrogen-bond acceptors (Lipinski definition) is 3. The molecule has 0 N–H and O–H groups in total. The first-order chi connectivity index (χ1) is 17.1. The number of hydrogen-bond donors (Lipinski definition) is 0. The Kier molecular flexibility index (Phi) is 10.5. The molecule has 1 amide bonds. The summed E-state index contributed by atoms with van der Waals surface area (Å²) in [5, 5.41) is 11.0. The van der Waals surface area contributed by atoms with Crippen LogP contribution in [0.15, 0.2) is 109 Å². The summed E-state index contributed by atoms with van der Waals surface area (Å²) in [6, 6.07) is 34.9. The third-order valence-corrected chi connectivity index (χ3v) is 6.04. The molecule has 0 radical (unpaired) electrons. The maximum Gasteiger partial charge on any atom is 1.00 e. The van der Waals surface area contributed by atoms with Gasteiger partial charge in [0, 0.05) is 13.1 Å². The molecule has 4 rings (SSSR count). The SMILES string of the molecule is O=C([O-])c1ccc(-c2cccc(CN(CCCc3ccccc3)C(=O)Cc3ccccc3)c2)cc1.[Na+]. The number of benzene rings is 4. The summed E-state index contributed by atoms with van der Waals surface area (Å²) in [6.45, 7) is 1.19. The van der Waals surface area contributed by atoms with Crippen LogP contribution in [0.3, 0.4) is 0 Å². The summed E-state index contributed by atoms with van der Waals surface area (Å²) in [4.78, 5) is 26.3. The van der Waals surface area contributed by atoms with Crippen LogP contribution in [0, 0.1) is 0 Å². The molecule has 4 aromatic rings. The van der Waals surface area contributed by atoms with E-state index in [-0.39, 0.29) is 41.0 Å². The Hall–Kier alpha value is -3.18. The zero-order chi connectivity index (χ0) is 24.5. The summed E-state index contributed by atoms with van der Waals surface area (Å²) in [5.41, 5.74) is 5.36. The van der Waals surface area contributed by atoms with Gasteiger partial charge in [-0.15, -0.1) is 0 Å². The fourth-order valence-corrected chi connectivity index (χ4v) is 4.16. The minimum atomic E-state index is -1.19. The number of carbonyl (C=O) groups is 2. The molecule has 0 aliphatic rings. The van der Waals surface area contributed by atoms with E-state index in [0.29, 0.717) is 19.5 Å². The molecule has 36 heavy (non-hydrogen) atoms. The van der Waals surface area contributed by atoms with Gasteiger partial charge in [0.15, 0.2) is 0 Å². The number of rotatable bonds is 10. The van der Waals surface area contributed by atoms with E-state index in [4.69, 9.17) is 0 Å². The van der Waals surface area contributed by atoms with Crippen molar-refractivity contribution in [3.8, 4) is 11.1 Å². The van der Waals surface area contributed by atoms with Crippen molar-refractivity contribution in [1.29, 1.82) is 0 Å². The number of carboxylic acids is 1. The fraction of sp³-hybridized carbons (Fsp3) is 0.161. The molecule has 0 atom stereocenters. The topological polar surface area (TPSA) is 60.4 Å². The van der Waals surface area contributed by atoms with Gasteiger partial charge in [0.2, 0.25) is 5.91 Å². The third-order valence-electron chi connectivity index (χ3n) is 6.04. The second-order valence-corrected chi connectivity index (χ2v) is 8.63. The molecule has 4 aromatic carbocycles. The number of nitrogens with zero attached hydrogens (tertiary/aromatic N) is 1. The first-order valence-corrected chi connectivity index (χ1v) is 11.8. The van der Waals surface area contributed by atoms with Crippen LogP contribution in [-0.4, -0.2) is 23.3 Å². The Bertz CT molecular complexity index is 1260.